The Morgan fingerprint density at radius 1 is 1.37 bits per heavy atom. The topological polar surface area (TPSA) is 97.0 Å². The molecule has 3 heterocycles. The number of hydrogen-bond acceptors (Lipinski definition) is 7. The molecule has 1 fully saturated rings. The zero-order valence-electron chi connectivity index (χ0n) is 14.5. The largest absolute Gasteiger partial charge is 0.367 e. The number of pyridine rings is 1. The second-order valence-electron chi connectivity index (χ2n) is 6.67. The number of carbonyl (C=O) groups is 1. The fraction of sp³-hybridized carbons (Fsp3) is 0.333. The third-order valence-electron chi connectivity index (χ3n) is 5.02. The fourth-order valence-electron chi connectivity index (χ4n) is 3.42. The van der Waals surface area contributed by atoms with Crippen molar-refractivity contribution < 1.29 is 9.18 Å². The van der Waals surface area contributed by atoms with Crippen molar-refractivity contribution in [2.45, 2.75) is 30.1 Å². The molecule has 7 nitrogen and oxygen atoms in total. The summed E-state index contributed by atoms with van der Waals surface area (Å²) in [7, 11) is 0. The van der Waals surface area contributed by atoms with E-state index in [2.05, 4.69) is 20.3 Å². The Hall–Kier alpha value is -2.68. The Morgan fingerprint density at radius 2 is 2.15 bits per heavy atom. The maximum atomic E-state index is 14.2. The molecule has 1 saturated carbocycles. The molecule has 140 valence electrons. The van der Waals surface area contributed by atoms with Crippen LogP contribution in [0.25, 0.3) is 0 Å². The summed E-state index contributed by atoms with van der Waals surface area (Å²) in [5.41, 5.74) is 6.27. The second-order valence-corrected chi connectivity index (χ2v) is 7.66. The number of nitrogens with one attached hydrogen (secondary N) is 1. The van der Waals surface area contributed by atoms with Gasteiger partial charge in [-0.05, 0) is 30.4 Å². The third kappa shape index (κ3) is 3.34. The minimum absolute atomic E-state index is 0.272. The number of thioether (sulfide) groups is 1. The average molecular weight is 386 g/mol. The zero-order chi connectivity index (χ0) is 18.9. The Balaban J connectivity index is 1.45. The Labute approximate surface area is 160 Å². The zero-order valence-corrected chi connectivity index (χ0v) is 15.3. The maximum Gasteiger partial charge on any atom is 0.251 e. The first-order valence-electron chi connectivity index (χ1n) is 8.66. The number of nitrogens with two attached hydrogens (primary N) is 1. The van der Waals surface area contributed by atoms with Crippen molar-refractivity contribution in [3.8, 4) is 0 Å². The summed E-state index contributed by atoms with van der Waals surface area (Å²) in [4.78, 5) is 26.1. The summed E-state index contributed by atoms with van der Waals surface area (Å²) in [5.74, 6) is -0.240. The lowest BCUT2D eigenvalue weighted by atomic mass is 9.66. The molecule has 0 bridgehead atoms. The molecule has 0 radical (unpaired) electrons. The van der Waals surface area contributed by atoms with E-state index in [0.717, 1.165) is 19.3 Å². The lowest BCUT2D eigenvalue weighted by Crippen LogP contribution is -2.42. The van der Waals surface area contributed by atoms with Crippen molar-refractivity contribution >= 4 is 29.3 Å². The van der Waals surface area contributed by atoms with Crippen LogP contribution in [0.15, 0.2) is 42.3 Å². The van der Waals surface area contributed by atoms with Gasteiger partial charge in [0, 0.05) is 24.4 Å². The van der Waals surface area contributed by atoms with E-state index < -0.39 is 11.3 Å². The smallest absolute Gasteiger partial charge is 0.251 e. The summed E-state index contributed by atoms with van der Waals surface area (Å²) >= 11 is 1.34. The SMILES string of the molecule is NC(=O)C1SC=CN1c1cnc(NCC2(c3ncccc3F)CCC2)nc1. The van der Waals surface area contributed by atoms with Crippen LogP contribution in [0.5, 0.6) is 0 Å². The van der Waals surface area contributed by atoms with Crippen LogP contribution in [-0.2, 0) is 10.2 Å². The molecule has 0 saturated heterocycles. The van der Waals surface area contributed by atoms with Gasteiger partial charge in [0.25, 0.3) is 5.91 Å². The van der Waals surface area contributed by atoms with Crippen molar-refractivity contribution in [2.75, 3.05) is 16.8 Å². The first-order valence-corrected chi connectivity index (χ1v) is 9.60. The number of nitrogens with zero attached hydrogens (tertiary/aromatic N) is 4. The van der Waals surface area contributed by atoms with Gasteiger partial charge in [0.2, 0.25) is 5.95 Å². The Kier molecular flexibility index (Phi) is 4.69. The van der Waals surface area contributed by atoms with Crippen LogP contribution >= 0.6 is 11.8 Å². The maximum absolute atomic E-state index is 14.2. The summed E-state index contributed by atoms with van der Waals surface area (Å²) < 4.78 is 14.2. The highest BCUT2D eigenvalue weighted by atomic mass is 32.2. The summed E-state index contributed by atoms with van der Waals surface area (Å²) in [6, 6.07) is 3.05. The van der Waals surface area contributed by atoms with E-state index >= 15 is 0 Å². The first kappa shape index (κ1) is 17.7. The number of anilines is 2. The predicted molar refractivity (Wildman–Crippen MR) is 102 cm³/mol. The van der Waals surface area contributed by atoms with Gasteiger partial charge in [0.05, 0.1) is 23.8 Å². The standard InChI is InChI=1S/C18H19FN6OS/c19-13-3-1-6-21-14(13)18(4-2-5-18)11-24-17-22-9-12(10-23-17)25-7-8-27-16(25)15(20)26/h1,3,6-10,16H,2,4-5,11H2,(H2,20,26)(H,22,23,24). The minimum atomic E-state index is -0.488. The van der Waals surface area contributed by atoms with E-state index in [0.29, 0.717) is 23.9 Å². The van der Waals surface area contributed by atoms with Crippen LogP contribution in [-0.4, -0.2) is 32.8 Å². The molecule has 1 unspecified atom stereocenters. The number of primary amides is 1. The molecule has 4 rings (SSSR count). The van der Waals surface area contributed by atoms with Crippen LogP contribution in [0.3, 0.4) is 0 Å². The number of halogens is 1. The van der Waals surface area contributed by atoms with Crippen LogP contribution in [0.1, 0.15) is 25.0 Å². The lowest BCUT2D eigenvalue weighted by molar-refractivity contribution is -0.117. The lowest BCUT2D eigenvalue weighted by Gasteiger charge is -2.41. The minimum Gasteiger partial charge on any atom is -0.367 e. The second kappa shape index (κ2) is 7.15. The molecule has 1 amide bonds. The number of aromatic nitrogens is 3. The highest BCUT2D eigenvalue weighted by Gasteiger charge is 2.42. The number of hydrogen-bond donors (Lipinski definition) is 2. The van der Waals surface area contributed by atoms with E-state index in [9.17, 15) is 9.18 Å². The van der Waals surface area contributed by atoms with Gasteiger partial charge in [-0.2, -0.15) is 0 Å². The number of rotatable bonds is 6. The van der Waals surface area contributed by atoms with E-state index in [1.54, 1.807) is 35.8 Å². The highest BCUT2D eigenvalue weighted by molar-refractivity contribution is 8.03. The first-order chi connectivity index (χ1) is 13.1. The van der Waals surface area contributed by atoms with Crippen molar-refractivity contribution in [2.24, 2.45) is 5.73 Å². The third-order valence-corrected chi connectivity index (χ3v) is 6.01. The summed E-state index contributed by atoms with van der Waals surface area (Å²) in [6.45, 7) is 0.518. The van der Waals surface area contributed by atoms with E-state index in [1.807, 2.05) is 5.41 Å². The van der Waals surface area contributed by atoms with E-state index in [-0.39, 0.29) is 11.2 Å². The molecule has 0 spiro atoms. The molecule has 27 heavy (non-hydrogen) atoms. The van der Waals surface area contributed by atoms with Crippen LogP contribution < -0.4 is 16.0 Å². The van der Waals surface area contributed by atoms with Crippen molar-refractivity contribution in [3.63, 3.8) is 0 Å². The molecular formula is C18H19FN6OS. The predicted octanol–water partition coefficient (Wildman–Crippen LogP) is 2.38. The monoisotopic (exact) mass is 386 g/mol. The van der Waals surface area contributed by atoms with E-state index in [4.69, 9.17) is 5.73 Å². The number of carbonyl (C=O) groups excluding carboxylic acids is 1. The van der Waals surface area contributed by atoms with Crippen LogP contribution in [0.2, 0.25) is 0 Å². The van der Waals surface area contributed by atoms with Gasteiger partial charge in [0.1, 0.15) is 5.82 Å². The van der Waals surface area contributed by atoms with Crippen LogP contribution in [0.4, 0.5) is 16.0 Å². The van der Waals surface area contributed by atoms with Gasteiger partial charge in [-0.25, -0.2) is 14.4 Å². The molecule has 1 atom stereocenters. The molecule has 2 aromatic rings. The average Bonchev–Trinajstić information content (AvgIpc) is 3.13. The molecule has 2 aliphatic rings. The van der Waals surface area contributed by atoms with E-state index in [1.165, 1.54) is 17.8 Å². The molecule has 0 aromatic carbocycles. The molecule has 3 N–H and O–H groups in total. The van der Waals surface area contributed by atoms with Crippen molar-refractivity contribution in [1.82, 2.24) is 15.0 Å². The van der Waals surface area contributed by atoms with Crippen LogP contribution in [0, 0.1) is 5.82 Å². The summed E-state index contributed by atoms with van der Waals surface area (Å²) in [6.07, 6.45) is 9.47. The molecule has 2 aromatic heterocycles. The van der Waals surface area contributed by atoms with Gasteiger partial charge in [-0.15, -0.1) is 0 Å². The molecule has 1 aliphatic heterocycles. The highest BCUT2D eigenvalue weighted by Crippen LogP contribution is 2.43. The molecule has 1 aliphatic carbocycles. The van der Waals surface area contributed by atoms with Gasteiger partial charge in [-0.1, -0.05) is 18.2 Å². The molecular weight excluding hydrogens is 367 g/mol. The van der Waals surface area contributed by atoms with Gasteiger partial charge >= 0.3 is 0 Å². The summed E-state index contributed by atoms with van der Waals surface area (Å²) in [5, 5.41) is 4.52. The van der Waals surface area contributed by atoms with Crippen molar-refractivity contribution in [3.05, 3.63) is 53.8 Å². The Bertz CT molecular complexity index is 870. The Morgan fingerprint density at radius 3 is 2.78 bits per heavy atom. The quantitative estimate of drug-likeness (QED) is 0.787. The van der Waals surface area contributed by atoms with Crippen molar-refractivity contribution in [1.29, 1.82) is 0 Å². The van der Waals surface area contributed by atoms with Gasteiger partial charge in [-0.3, -0.25) is 9.78 Å². The van der Waals surface area contributed by atoms with Gasteiger partial charge in [0.15, 0.2) is 5.37 Å². The normalized spacial score (nSPS) is 20.3. The van der Waals surface area contributed by atoms with Gasteiger partial charge < -0.3 is 16.0 Å². The molecule has 9 heteroatoms. The fourth-order valence-corrected chi connectivity index (χ4v) is 4.22. The number of amides is 1.